The lowest BCUT2D eigenvalue weighted by molar-refractivity contribution is 0.0909. The van der Waals surface area contributed by atoms with Crippen LogP contribution in [0.3, 0.4) is 0 Å². The molecule has 98 valence electrons. The van der Waals surface area contributed by atoms with Crippen LogP contribution < -0.4 is 0 Å². The molecule has 0 spiro atoms. The number of carbonyl (C=O) groups is 1. The average Bonchev–Trinajstić information content (AvgIpc) is 2.80. The summed E-state index contributed by atoms with van der Waals surface area (Å²) in [6, 6.07) is 0. The predicted molar refractivity (Wildman–Crippen MR) is 73.4 cm³/mol. The van der Waals surface area contributed by atoms with E-state index >= 15 is 0 Å². The van der Waals surface area contributed by atoms with Gasteiger partial charge in [0, 0.05) is 16.7 Å². The number of piperidine rings is 1. The third kappa shape index (κ3) is 2.12. The van der Waals surface area contributed by atoms with Crippen LogP contribution in [0, 0.1) is 5.92 Å². The molecule has 1 fully saturated rings. The van der Waals surface area contributed by atoms with Crippen molar-refractivity contribution in [3.63, 3.8) is 0 Å². The molecule has 0 saturated carbocycles. The Hall–Kier alpha value is -0.740. The molecule has 0 N–H and O–H groups in total. The maximum atomic E-state index is 12.1. The SMILES string of the molecule is CC1CCc2sc(C3CCN(C)CC3)nc2C1=O. The molecule has 1 atom stereocenters. The van der Waals surface area contributed by atoms with Gasteiger partial charge in [-0.2, -0.15) is 0 Å². The number of ketones is 1. The molecule has 1 aliphatic heterocycles. The number of nitrogens with zero attached hydrogens (tertiary/aromatic N) is 2. The molecule has 3 nitrogen and oxygen atoms in total. The standard InChI is InChI=1S/C14H20N2OS/c1-9-3-4-11-12(13(9)17)15-14(18-11)10-5-7-16(2)8-6-10/h9-10H,3-8H2,1-2H3. The van der Waals surface area contributed by atoms with E-state index in [0.717, 1.165) is 31.6 Å². The van der Waals surface area contributed by atoms with Crippen molar-refractivity contribution in [1.82, 2.24) is 9.88 Å². The van der Waals surface area contributed by atoms with Gasteiger partial charge in [0.05, 0.1) is 5.01 Å². The zero-order chi connectivity index (χ0) is 12.7. The largest absolute Gasteiger partial charge is 0.306 e. The number of rotatable bonds is 1. The Morgan fingerprint density at radius 3 is 2.72 bits per heavy atom. The Balaban J connectivity index is 1.83. The molecule has 1 aromatic heterocycles. The highest BCUT2D eigenvalue weighted by Crippen LogP contribution is 2.36. The molecule has 4 heteroatoms. The summed E-state index contributed by atoms with van der Waals surface area (Å²) < 4.78 is 0. The minimum absolute atomic E-state index is 0.171. The smallest absolute Gasteiger partial charge is 0.185 e. The predicted octanol–water partition coefficient (Wildman–Crippen LogP) is 2.72. The summed E-state index contributed by atoms with van der Waals surface area (Å²) in [5, 5.41) is 1.22. The third-order valence-electron chi connectivity index (χ3n) is 4.27. The van der Waals surface area contributed by atoms with E-state index in [1.165, 1.54) is 22.7 Å². The second-order valence-electron chi connectivity index (χ2n) is 5.71. The van der Waals surface area contributed by atoms with Gasteiger partial charge >= 0.3 is 0 Å². The molecule has 0 bridgehead atoms. The Labute approximate surface area is 112 Å². The van der Waals surface area contributed by atoms with Crippen LogP contribution in [0.25, 0.3) is 0 Å². The van der Waals surface area contributed by atoms with E-state index in [1.807, 2.05) is 6.92 Å². The second kappa shape index (κ2) is 4.74. The number of hydrogen-bond donors (Lipinski definition) is 0. The van der Waals surface area contributed by atoms with Crippen LogP contribution >= 0.6 is 11.3 Å². The first-order chi connectivity index (χ1) is 8.65. The van der Waals surface area contributed by atoms with Crippen LogP contribution in [0.5, 0.6) is 0 Å². The molecule has 1 unspecified atom stereocenters. The maximum Gasteiger partial charge on any atom is 0.185 e. The number of thiazole rings is 1. The van der Waals surface area contributed by atoms with E-state index in [4.69, 9.17) is 0 Å². The fourth-order valence-corrected chi connectivity index (χ4v) is 4.13. The highest BCUT2D eigenvalue weighted by Gasteiger charge is 2.30. The van der Waals surface area contributed by atoms with Crippen LogP contribution in [0.2, 0.25) is 0 Å². The maximum absolute atomic E-state index is 12.1. The van der Waals surface area contributed by atoms with Crippen LogP contribution in [0.1, 0.15) is 52.5 Å². The monoisotopic (exact) mass is 264 g/mol. The normalized spacial score (nSPS) is 26.3. The summed E-state index contributed by atoms with van der Waals surface area (Å²) in [6.45, 7) is 4.33. The first kappa shape index (κ1) is 12.3. The molecule has 0 amide bonds. The summed E-state index contributed by atoms with van der Waals surface area (Å²) in [5.41, 5.74) is 0.799. The number of aromatic nitrogens is 1. The zero-order valence-corrected chi connectivity index (χ0v) is 11.9. The Bertz CT molecular complexity index is 460. The summed E-state index contributed by atoms with van der Waals surface area (Å²) in [5.74, 6) is 1.02. The lowest BCUT2D eigenvalue weighted by Gasteiger charge is -2.27. The van der Waals surface area contributed by atoms with Crippen LogP contribution in [-0.2, 0) is 6.42 Å². The summed E-state index contributed by atoms with van der Waals surface area (Å²) in [7, 11) is 2.17. The third-order valence-corrected chi connectivity index (χ3v) is 5.54. The second-order valence-corrected chi connectivity index (χ2v) is 6.82. The Morgan fingerprint density at radius 1 is 1.28 bits per heavy atom. The summed E-state index contributed by atoms with van der Waals surface area (Å²) in [6.07, 6.45) is 4.42. The number of aryl methyl sites for hydroxylation is 1. The fourth-order valence-electron chi connectivity index (χ4n) is 2.87. The van der Waals surface area contributed by atoms with E-state index < -0.39 is 0 Å². The number of Topliss-reactive ketones (excluding diaryl/α,β-unsaturated/α-hetero) is 1. The van der Waals surface area contributed by atoms with E-state index in [9.17, 15) is 4.79 Å². The minimum Gasteiger partial charge on any atom is -0.306 e. The topological polar surface area (TPSA) is 33.2 Å². The quantitative estimate of drug-likeness (QED) is 0.782. The molecular formula is C14H20N2OS. The first-order valence-corrected chi connectivity index (χ1v) is 7.69. The number of hydrogen-bond acceptors (Lipinski definition) is 4. The van der Waals surface area contributed by atoms with Gasteiger partial charge in [-0.15, -0.1) is 11.3 Å². The van der Waals surface area contributed by atoms with Gasteiger partial charge in [-0.1, -0.05) is 6.92 Å². The van der Waals surface area contributed by atoms with E-state index in [1.54, 1.807) is 11.3 Å². The molecule has 1 aliphatic carbocycles. The van der Waals surface area contributed by atoms with Gasteiger partial charge in [0.2, 0.25) is 0 Å². The number of likely N-dealkylation sites (tertiary alicyclic amines) is 1. The minimum atomic E-state index is 0.171. The average molecular weight is 264 g/mol. The van der Waals surface area contributed by atoms with E-state index in [2.05, 4.69) is 16.9 Å². The van der Waals surface area contributed by atoms with Gasteiger partial charge in [0.25, 0.3) is 0 Å². The lowest BCUT2D eigenvalue weighted by atomic mass is 9.91. The molecule has 2 heterocycles. The van der Waals surface area contributed by atoms with Gasteiger partial charge in [-0.3, -0.25) is 4.79 Å². The first-order valence-electron chi connectivity index (χ1n) is 6.87. The van der Waals surface area contributed by atoms with Crippen molar-refractivity contribution in [3.8, 4) is 0 Å². The molecular weight excluding hydrogens is 244 g/mol. The van der Waals surface area contributed by atoms with E-state index in [0.29, 0.717) is 5.92 Å². The highest BCUT2D eigenvalue weighted by molar-refractivity contribution is 7.12. The Morgan fingerprint density at radius 2 is 2.00 bits per heavy atom. The molecule has 0 radical (unpaired) electrons. The van der Waals surface area contributed by atoms with Crippen LogP contribution in [0.4, 0.5) is 0 Å². The fraction of sp³-hybridized carbons (Fsp3) is 0.714. The van der Waals surface area contributed by atoms with Gasteiger partial charge in [0.1, 0.15) is 5.69 Å². The number of fused-ring (bicyclic) bond motifs is 1. The molecule has 1 aromatic rings. The van der Waals surface area contributed by atoms with Crippen LogP contribution in [-0.4, -0.2) is 35.8 Å². The molecule has 0 aromatic carbocycles. The van der Waals surface area contributed by atoms with Gasteiger partial charge in [-0.25, -0.2) is 4.98 Å². The van der Waals surface area contributed by atoms with Crippen molar-refractivity contribution in [1.29, 1.82) is 0 Å². The molecule has 3 rings (SSSR count). The molecule has 2 aliphatic rings. The van der Waals surface area contributed by atoms with Crippen molar-refractivity contribution in [2.45, 2.75) is 38.5 Å². The van der Waals surface area contributed by atoms with Gasteiger partial charge < -0.3 is 4.90 Å². The molecule has 1 saturated heterocycles. The van der Waals surface area contributed by atoms with Gasteiger partial charge in [-0.05, 0) is 45.8 Å². The van der Waals surface area contributed by atoms with Crippen molar-refractivity contribution in [2.24, 2.45) is 5.92 Å². The summed E-state index contributed by atoms with van der Waals surface area (Å²) in [4.78, 5) is 20.4. The van der Waals surface area contributed by atoms with Crippen molar-refractivity contribution in [3.05, 3.63) is 15.6 Å². The van der Waals surface area contributed by atoms with Crippen molar-refractivity contribution >= 4 is 17.1 Å². The summed E-state index contributed by atoms with van der Waals surface area (Å²) >= 11 is 1.80. The lowest BCUT2D eigenvalue weighted by Crippen LogP contribution is -2.29. The van der Waals surface area contributed by atoms with Crippen molar-refractivity contribution < 1.29 is 4.79 Å². The van der Waals surface area contributed by atoms with Gasteiger partial charge in [0.15, 0.2) is 5.78 Å². The van der Waals surface area contributed by atoms with E-state index in [-0.39, 0.29) is 11.7 Å². The molecule has 18 heavy (non-hydrogen) atoms. The number of carbonyl (C=O) groups excluding carboxylic acids is 1. The zero-order valence-electron chi connectivity index (χ0n) is 11.1. The van der Waals surface area contributed by atoms with Crippen molar-refractivity contribution in [2.75, 3.05) is 20.1 Å². The van der Waals surface area contributed by atoms with Crippen LogP contribution in [0.15, 0.2) is 0 Å². The highest BCUT2D eigenvalue weighted by atomic mass is 32.1. The Kier molecular flexibility index (Phi) is 3.24.